The maximum Gasteiger partial charge on any atom is 0.0596 e. The minimum absolute atomic E-state index is 0.829. The van der Waals surface area contributed by atoms with Crippen molar-refractivity contribution in [1.82, 2.24) is 9.13 Å². The van der Waals surface area contributed by atoms with Crippen LogP contribution in [-0.2, 0) is 25.7 Å². The number of rotatable bonds is 8. The molecule has 0 fully saturated rings. The zero-order valence-corrected chi connectivity index (χ0v) is 39.3. The summed E-state index contributed by atoms with van der Waals surface area (Å²) in [5, 5.41) is 10.6. The highest BCUT2D eigenvalue weighted by molar-refractivity contribution is 7.27. The Hall–Kier alpha value is -6.98. The maximum absolute atomic E-state index is 2.69. The van der Waals surface area contributed by atoms with Crippen molar-refractivity contribution in [2.24, 2.45) is 0 Å². The van der Waals surface area contributed by atoms with Crippen LogP contribution < -0.4 is 0 Å². The van der Waals surface area contributed by atoms with Gasteiger partial charge in [-0.05, 0) is 89.9 Å². The summed E-state index contributed by atoms with van der Waals surface area (Å²) in [6.07, 6.45) is 3.57. The second-order valence-corrected chi connectivity index (χ2v) is 19.8. The van der Waals surface area contributed by atoms with Gasteiger partial charge >= 0.3 is 0 Å². The summed E-state index contributed by atoms with van der Waals surface area (Å²) in [6, 6.07) is 64.4. The van der Waals surface area contributed by atoms with Gasteiger partial charge < -0.3 is 9.13 Å². The summed E-state index contributed by atoms with van der Waals surface area (Å²) >= 11 is 3.86. The summed E-state index contributed by atoms with van der Waals surface area (Å²) in [4.78, 5) is 0. The third-order valence-electron chi connectivity index (χ3n) is 14.5. The number of nitrogens with zero attached hydrogens (tertiary/aromatic N) is 2. The molecule has 0 radical (unpaired) electrons. The number of hydrogen-bond acceptors (Lipinski definition) is 2. The highest BCUT2D eigenvalue weighted by Crippen LogP contribution is 2.52. The normalized spacial score (nSPS) is 12.2. The largest absolute Gasteiger partial charge is 0.308 e. The van der Waals surface area contributed by atoms with E-state index in [0.717, 1.165) is 25.7 Å². The Morgan fingerprint density at radius 1 is 0.333 bits per heavy atom. The van der Waals surface area contributed by atoms with E-state index in [0.29, 0.717) is 0 Å². The monoisotopic (exact) mass is 884 g/mol. The lowest BCUT2D eigenvalue weighted by atomic mass is 9.81. The molecule has 0 unspecified atom stereocenters. The van der Waals surface area contributed by atoms with E-state index in [-0.39, 0.29) is 0 Å². The fraction of sp³-hybridized carbons (Fsp3) is 0.129. The first-order valence-electron chi connectivity index (χ1n) is 23.7. The average molecular weight is 885 g/mol. The topological polar surface area (TPSA) is 9.86 Å². The van der Waals surface area contributed by atoms with Gasteiger partial charge in [0.25, 0.3) is 0 Å². The van der Waals surface area contributed by atoms with Crippen molar-refractivity contribution in [3.8, 4) is 33.6 Å². The average Bonchev–Trinajstić information content (AvgIpc) is 4.13. The zero-order chi connectivity index (χ0) is 44.2. The van der Waals surface area contributed by atoms with Crippen LogP contribution in [0.4, 0.5) is 0 Å². The Morgan fingerprint density at radius 2 is 0.727 bits per heavy atom. The van der Waals surface area contributed by atoms with Crippen LogP contribution in [0.25, 0.3) is 118 Å². The van der Waals surface area contributed by atoms with Crippen molar-refractivity contribution in [3.63, 3.8) is 0 Å². The molecule has 0 aliphatic rings. The van der Waals surface area contributed by atoms with E-state index in [9.17, 15) is 0 Å². The van der Waals surface area contributed by atoms with Crippen molar-refractivity contribution in [1.29, 1.82) is 0 Å². The summed E-state index contributed by atoms with van der Waals surface area (Å²) in [6.45, 7) is 9.43. The summed E-state index contributed by atoms with van der Waals surface area (Å²) in [5.41, 5.74) is 18.4. The van der Waals surface area contributed by atoms with E-state index >= 15 is 0 Å². The van der Waals surface area contributed by atoms with E-state index in [2.05, 4.69) is 207 Å². The first-order valence-corrected chi connectivity index (χ1v) is 25.3. The molecular weight excluding hydrogens is 837 g/mol. The molecule has 0 N–H and O–H groups in total. The van der Waals surface area contributed by atoms with E-state index in [1.807, 2.05) is 22.7 Å². The Morgan fingerprint density at radius 3 is 1.17 bits per heavy atom. The molecule has 4 heteroatoms. The van der Waals surface area contributed by atoms with Crippen molar-refractivity contribution in [3.05, 3.63) is 192 Å². The molecule has 0 aliphatic carbocycles. The van der Waals surface area contributed by atoms with Gasteiger partial charge in [-0.1, -0.05) is 161 Å². The smallest absolute Gasteiger partial charge is 0.0596 e. The number of thiophene rings is 2. The van der Waals surface area contributed by atoms with Crippen LogP contribution in [0, 0.1) is 0 Å². The van der Waals surface area contributed by atoms with Crippen molar-refractivity contribution in [2.75, 3.05) is 0 Å². The van der Waals surface area contributed by atoms with Crippen LogP contribution >= 0.6 is 22.7 Å². The lowest BCUT2D eigenvalue weighted by Crippen LogP contribution is -2.14. The molecule has 0 saturated carbocycles. The summed E-state index contributed by atoms with van der Waals surface area (Å²) in [5.74, 6) is 0. The standard InChI is InChI=1S/C62H48N2S2/c1-5-37-21-9-11-23-41(37)55-39(7-3)56(42-24-12-10-22-38(42)6-2)60(64-50-30-18-14-28-48(50)58-52(64)36-34-46-44-26-16-20-32-54(44)66-62(46)58)40(8-4)59(55)63-49-29-17-13-27-47(49)57-51(63)35-33-45-43-25-15-19-31-53(43)65-61(45)57/h9-36H,5-8H2,1-4H3. The molecule has 13 aromatic rings. The van der Waals surface area contributed by atoms with Gasteiger partial charge in [-0.25, -0.2) is 0 Å². The van der Waals surface area contributed by atoms with Gasteiger partial charge in [0, 0.05) is 78.6 Å². The molecule has 0 spiro atoms. The van der Waals surface area contributed by atoms with Crippen LogP contribution in [0.1, 0.15) is 49.9 Å². The van der Waals surface area contributed by atoms with E-state index in [1.54, 1.807) is 0 Å². The molecule has 4 aromatic heterocycles. The predicted octanol–water partition coefficient (Wildman–Crippen LogP) is 18.2. The molecule has 4 heterocycles. The molecule has 0 bridgehead atoms. The third-order valence-corrected chi connectivity index (χ3v) is 16.9. The Kier molecular flexibility index (Phi) is 9.13. The number of hydrogen-bond donors (Lipinski definition) is 0. The molecular formula is C62H48N2S2. The molecule has 13 rings (SSSR count). The van der Waals surface area contributed by atoms with Gasteiger partial charge in [-0.2, -0.15) is 0 Å². The number of para-hydroxylation sites is 2. The van der Waals surface area contributed by atoms with Crippen LogP contribution in [0.15, 0.2) is 170 Å². The van der Waals surface area contributed by atoms with Crippen molar-refractivity contribution >= 4 is 107 Å². The molecule has 0 aliphatic heterocycles. The lowest BCUT2D eigenvalue weighted by Gasteiger charge is -2.30. The maximum atomic E-state index is 2.69. The minimum Gasteiger partial charge on any atom is -0.308 e. The van der Waals surface area contributed by atoms with Gasteiger partial charge in [-0.15, -0.1) is 22.7 Å². The second-order valence-electron chi connectivity index (χ2n) is 17.7. The quantitative estimate of drug-likeness (QED) is 0.144. The molecule has 0 saturated heterocycles. The molecule has 318 valence electrons. The number of aromatic nitrogens is 2. The predicted molar refractivity (Wildman–Crippen MR) is 289 cm³/mol. The van der Waals surface area contributed by atoms with Crippen LogP contribution in [0.5, 0.6) is 0 Å². The summed E-state index contributed by atoms with van der Waals surface area (Å²) < 4.78 is 10.7. The number of benzene rings is 9. The summed E-state index contributed by atoms with van der Waals surface area (Å²) in [7, 11) is 0. The Balaban J connectivity index is 1.30. The van der Waals surface area contributed by atoms with Gasteiger partial charge in [0.05, 0.1) is 33.4 Å². The fourth-order valence-corrected chi connectivity index (χ4v) is 14.2. The first-order chi connectivity index (χ1) is 32.6. The van der Waals surface area contributed by atoms with Crippen molar-refractivity contribution < 1.29 is 0 Å². The second kappa shape index (κ2) is 15.3. The highest BCUT2D eigenvalue weighted by Gasteiger charge is 2.32. The fourth-order valence-electron chi connectivity index (χ4n) is 11.7. The van der Waals surface area contributed by atoms with E-state index in [1.165, 1.54) is 140 Å². The highest BCUT2D eigenvalue weighted by atomic mass is 32.1. The zero-order valence-electron chi connectivity index (χ0n) is 37.7. The number of fused-ring (bicyclic) bond motifs is 14. The first kappa shape index (κ1) is 39.4. The molecule has 0 atom stereocenters. The molecule has 2 nitrogen and oxygen atoms in total. The minimum atomic E-state index is 0.829. The van der Waals surface area contributed by atoms with Crippen LogP contribution in [-0.4, -0.2) is 9.13 Å². The van der Waals surface area contributed by atoms with E-state index in [4.69, 9.17) is 0 Å². The van der Waals surface area contributed by atoms with E-state index < -0.39 is 0 Å². The Bertz CT molecular complexity index is 3850. The van der Waals surface area contributed by atoms with Crippen LogP contribution in [0.3, 0.4) is 0 Å². The molecule has 66 heavy (non-hydrogen) atoms. The lowest BCUT2D eigenvalue weighted by molar-refractivity contribution is 1.00. The van der Waals surface area contributed by atoms with Gasteiger partial charge in [0.15, 0.2) is 0 Å². The third kappa shape index (κ3) is 5.46. The van der Waals surface area contributed by atoms with Crippen molar-refractivity contribution in [2.45, 2.75) is 53.4 Å². The van der Waals surface area contributed by atoms with Crippen LogP contribution in [0.2, 0.25) is 0 Å². The van der Waals surface area contributed by atoms with Gasteiger partial charge in [0.2, 0.25) is 0 Å². The van der Waals surface area contributed by atoms with Gasteiger partial charge in [-0.3, -0.25) is 0 Å². The van der Waals surface area contributed by atoms with Gasteiger partial charge in [0.1, 0.15) is 0 Å². The number of aryl methyl sites for hydroxylation is 2. The molecule has 0 amide bonds. The Labute approximate surface area is 392 Å². The SMILES string of the molecule is CCc1ccccc1-c1c(CC)c(-c2ccccc2CC)c(-n2c3ccccc3c3c4sc5ccccc5c4ccc32)c(CC)c1-n1c2ccccc2c2c3sc4ccccc4c3ccc21. The molecule has 9 aromatic carbocycles.